The van der Waals surface area contributed by atoms with Crippen LogP contribution in [-0.4, -0.2) is 11.1 Å². The van der Waals surface area contributed by atoms with Crippen molar-refractivity contribution in [2.75, 3.05) is 0 Å². The van der Waals surface area contributed by atoms with E-state index in [0.29, 0.717) is 0 Å². The largest absolute Gasteiger partial charge is 0.478 e. The molecule has 0 fully saturated rings. The Bertz CT molecular complexity index is 399. The summed E-state index contributed by atoms with van der Waals surface area (Å²) in [6.07, 6.45) is 2.71. The van der Waals surface area contributed by atoms with E-state index in [1.807, 2.05) is 19.1 Å². The molecule has 0 bridgehead atoms. The van der Waals surface area contributed by atoms with E-state index in [1.165, 1.54) is 0 Å². The molecule has 1 N–H and O–H groups in total. The Hall–Kier alpha value is -0.360. The van der Waals surface area contributed by atoms with Gasteiger partial charge in [-0.05, 0) is 68.7 Å². The molecule has 2 nitrogen and oxygen atoms in total. The van der Waals surface area contributed by atoms with Crippen molar-refractivity contribution in [2.45, 2.75) is 6.92 Å². The monoisotopic (exact) mass is 366 g/mol. The molecule has 0 radical (unpaired) electrons. The van der Waals surface area contributed by atoms with Gasteiger partial charge in [-0.2, -0.15) is 0 Å². The molecule has 0 aliphatic carbocycles. The number of halogens is 2. The second-order valence-corrected chi connectivity index (χ2v) is 4.70. The van der Waals surface area contributed by atoms with Crippen molar-refractivity contribution in [3.8, 4) is 0 Å². The molecule has 0 aliphatic rings. The van der Waals surface area contributed by atoms with Crippen molar-refractivity contribution < 1.29 is 9.90 Å². The molecule has 74 valence electrons. The summed E-state index contributed by atoms with van der Waals surface area (Å²) < 4.78 is 2.10. The zero-order valence-corrected chi connectivity index (χ0v) is 11.2. The van der Waals surface area contributed by atoms with Crippen LogP contribution in [0.2, 0.25) is 0 Å². The molecule has 0 atom stereocenters. The Balaban J connectivity index is 3.12. The minimum atomic E-state index is -0.937. The van der Waals surface area contributed by atoms with E-state index in [0.717, 1.165) is 25.2 Å². The van der Waals surface area contributed by atoms with Gasteiger partial charge in [0.05, 0.1) is 0 Å². The lowest BCUT2D eigenvalue weighted by molar-refractivity contribution is -0.131. The van der Waals surface area contributed by atoms with Crippen LogP contribution in [0.1, 0.15) is 11.1 Å². The van der Waals surface area contributed by atoms with Crippen molar-refractivity contribution in [2.24, 2.45) is 0 Å². The van der Waals surface area contributed by atoms with Gasteiger partial charge in [-0.15, -0.1) is 0 Å². The summed E-state index contributed by atoms with van der Waals surface area (Å²) >= 11 is 5.67. The van der Waals surface area contributed by atoms with Crippen molar-refractivity contribution in [3.05, 3.63) is 37.4 Å². The van der Waals surface area contributed by atoms with Crippen LogP contribution >= 0.6 is 38.5 Å². The summed E-state index contributed by atoms with van der Waals surface area (Å²) in [7, 11) is 0. The first kappa shape index (κ1) is 11.7. The molecule has 0 saturated carbocycles. The Morgan fingerprint density at radius 1 is 1.57 bits per heavy atom. The molecule has 1 aromatic rings. The summed E-state index contributed by atoms with van der Waals surface area (Å²) in [5.41, 5.74) is 2.00. The molecule has 1 rings (SSSR count). The lowest BCUT2D eigenvalue weighted by Crippen LogP contribution is -1.88. The maximum absolute atomic E-state index is 10.3. The van der Waals surface area contributed by atoms with Gasteiger partial charge in [0, 0.05) is 14.1 Å². The highest BCUT2D eigenvalue weighted by molar-refractivity contribution is 14.1. The maximum atomic E-state index is 10.3. The van der Waals surface area contributed by atoms with Crippen molar-refractivity contribution in [1.29, 1.82) is 0 Å². The average molecular weight is 367 g/mol. The third-order valence-electron chi connectivity index (χ3n) is 1.76. The quantitative estimate of drug-likeness (QED) is 0.642. The van der Waals surface area contributed by atoms with Crippen molar-refractivity contribution in [3.63, 3.8) is 0 Å². The number of hydrogen-bond donors (Lipinski definition) is 1. The van der Waals surface area contributed by atoms with Crippen LogP contribution in [0.15, 0.2) is 22.7 Å². The molecule has 0 amide bonds. The normalized spacial score (nSPS) is 10.8. The molecule has 0 saturated heterocycles. The number of rotatable bonds is 2. The second-order valence-electron chi connectivity index (χ2n) is 2.75. The van der Waals surface area contributed by atoms with Crippen LogP contribution < -0.4 is 0 Å². The molecule has 14 heavy (non-hydrogen) atoms. The summed E-state index contributed by atoms with van der Waals surface area (Å²) in [4.78, 5) is 10.3. The molecule has 4 heteroatoms. The number of hydrogen-bond acceptors (Lipinski definition) is 1. The molecule has 0 unspecified atom stereocenters. The van der Waals surface area contributed by atoms with E-state index >= 15 is 0 Å². The fourth-order valence-electron chi connectivity index (χ4n) is 0.972. The van der Waals surface area contributed by atoms with Crippen LogP contribution in [0.5, 0.6) is 0 Å². The van der Waals surface area contributed by atoms with Crippen LogP contribution in [0.3, 0.4) is 0 Å². The minimum Gasteiger partial charge on any atom is -0.478 e. The van der Waals surface area contributed by atoms with Gasteiger partial charge in [-0.25, -0.2) is 4.79 Å². The Morgan fingerprint density at radius 3 is 2.79 bits per heavy atom. The standard InChI is InChI=1S/C10H8BrIO2/c1-6-8(12)4-2-7(10(6)11)3-5-9(13)14/h2-5H,1H3,(H,13,14)/b5-3+. The molecule has 0 aliphatic heterocycles. The lowest BCUT2D eigenvalue weighted by Gasteiger charge is -2.04. The van der Waals surface area contributed by atoms with Crippen LogP contribution in [0.4, 0.5) is 0 Å². The highest BCUT2D eigenvalue weighted by Gasteiger charge is 2.03. The average Bonchev–Trinajstić information content (AvgIpc) is 2.13. The van der Waals surface area contributed by atoms with E-state index in [4.69, 9.17) is 5.11 Å². The van der Waals surface area contributed by atoms with E-state index in [1.54, 1.807) is 6.08 Å². The van der Waals surface area contributed by atoms with Crippen molar-refractivity contribution in [1.82, 2.24) is 0 Å². The van der Waals surface area contributed by atoms with E-state index < -0.39 is 5.97 Å². The minimum absolute atomic E-state index is 0.880. The zero-order valence-electron chi connectivity index (χ0n) is 7.42. The van der Waals surface area contributed by atoms with Crippen LogP contribution in [0, 0.1) is 10.5 Å². The highest BCUT2D eigenvalue weighted by atomic mass is 127. The molecule has 1 aromatic carbocycles. The van der Waals surface area contributed by atoms with E-state index in [9.17, 15) is 4.79 Å². The first-order chi connectivity index (χ1) is 6.52. The first-order valence-corrected chi connectivity index (χ1v) is 5.75. The van der Waals surface area contributed by atoms with Gasteiger partial charge in [0.25, 0.3) is 0 Å². The summed E-state index contributed by atoms with van der Waals surface area (Å²) in [5.74, 6) is -0.937. The zero-order chi connectivity index (χ0) is 10.7. The predicted octanol–water partition coefficient (Wildman–Crippen LogP) is 3.46. The molecule has 0 heterocycles. The maximum Gasteiger partial charge on any atom is 0.328 e. The number of carboxylic acid groups (broad SMARTS) is 1. The summed E-state index contributed by atoms with van der Waals surface area (Å²) in [6, 6.07) is 3.85. The van der Waals surface area contributed by atoms with Gasteiger partial charge in [0.1, 0.15) is 0 Å². The first-order valence-electron chi connectivity index (χ1n) is 3.88. The Morgan fingerprint density at radius 2 is 2.21 bits per heavy atom. The van der Waals surface area contributed by atoms with Gasteiger partial charge >= 0.3 is 5.97 Å². The predicted molar refractivity (Wildman–Crippen MR) is 68.3 cm³/mol. The summed E-state index contributed by atoms with van der Waals surface area (Å²) in [6.45, 7) is 1.99. The third-order valence-corrected chi connectivity index (χ3v) is 3.98. The second kappa shape index (κ2) is 4.93. The fourth-order valence-corrected chi connectivity index (χ4v) is 2.27. The van der Waals surface area contributed by atoms with Gasteiger partial charge in [-0.1, -0.05) is 6.07 Å². The lowest BCUT2D eigenvalue weighted by atomic mass is 10.1. The topological polar surface area (TPSA) is 37.3 Å². The number of carboxylic acids is 1. The highest BCUT2D eigenvalue weighted by Crippen LogP contribution is 2.26. The SMILES string of the molecule is Cc1c(I)ccc(/C=C/C(=O)O)c1Br. The summed E-state index contributed by atoms with van der Waals surface area (Å²) in [5, 5.41) is 8.49. The van der Waals surface area contributed by atoms with Gasteiger partial charge in [0.15, 0.2) is 0 Å². The van der Waals surface area contributed by atoms with E-state index in [-0.39, 0.29) is 0 Å². The van der Waals surface area contributed by atoms with Crippen molar-refractivity contribution >= 4 is 50.6 Å². The van der Waals surface area contributed by atoms with Gasteiger partial charge < -0.3 is 5.11 Å². The van der Waals surface area contributed by atoms with Gasteiger partial charge in [0.2, 0.25) is 0 Å². The third kappa shape index (κ3) is 2.81. The Labute approximate surface area is 104 Å². The Kier molecular flexibility index (Phi) is 4.12. The molecular formula is C10H8BrIO2. The molecule has 0 aromatic heterocycles. The van der Waals surface area contributed by atoms with Gasteiger partial charge in [-0.3, -0.25) is 0 Å². The number of aliphatic carboxylic acids is 1. The van der Waals surface area contributed by atoms with Crippen LogP contribution in [0.25, 0.3) is 6.08 Å². The smallest absolute Gasteiger partial charge is 0.328 e. The molecular weight excluding hydrogens is 359 g/mol. The number of benzene rings is 1. The van der Waals surface area contributed by atoms with E-state index in [2.05, 4.69) is 38.5 Å². The van der Waals surface area contributed by atoms with Crippen LogP contribution in [-0.2, 0) is 4.79 Å². The molecule has 0 spiro atoms. The fraction of sp³-hybridized carbons (Fsp3) is 0.100. The number of carbonyl (C=O) groups is 1.